The molecule has 15 heavy (non-hydrogen) atoms. The number of aliphatic hydroxyl groups is 1. The van der Waals surface area contributed by atoms with Crippen LogP contribution in [-0.4, -0.2) is 47.6 Å². The zero-order chi connectivity index (χ0) is 12.1. The maximum absolute atomic E-state index is 11.2. The van der Waals surface area contributed by atoms with Crippen LogP contribution in [0.1, 0.15) is 20.8 Å². The van der Waals surface area contributed by atoms with Gasteiger partial charge in [0.05, 0.1) is 12.1 Å². The van der Waals surface area contributed by atoms with Crippen LogP contribution < -0.4 is 10.9 Å². The van der Waals surface area contributed by atoms with Crippen molar-refractivity contribution in [1.29, 1.82) is 0 Å². The Hall–Kier alpha value is -1.14. The lowest BCUT2D eigenvalue weighted by Gasteiger charge is -2.24. The van der Waals surface area contributed by atoms with Crippen molar-refractivity contribution in [3.63, 3.8) is 0 Å². The predicted molar refractivity (Wildman–Crippen MR) is 55.8 cm³/mol. The molecule has 0 fully saturated rings. The van der Waals surface area contributed by atoms with Gasteiger partial charge >= 0.3 is 0 Å². The molecule has 0 saturated heterocycles. The summed E-state index contributed by atoms with van der Waals surface area (Å²) in [5.74, 6) is -0.648. The van der Waals surface area contributed by atoms with E-state index in [2.05, 4.69) is 10.9 Å². The summed E-state index contributed by atoms with van der Waals surface area (Å²) in [7, 11) is 1.71. The zero-order valence-corrected chi connectivity index (χ0v) is 9.63. The monoisotopic (exact) mass is 217 g/mol. The highest BCUT2D eigenvalue weighted by Gasteiger charge is 2.17. The van der Waals surface area contributed by atoms with E-state index in [1.54, 1.807) is 25.8 Å². The van der Waals surface area contributed by atoms with Crippen LogP contribution in [-0.2, 0) is 9.59 Å². The van der Waals surface area contributed by atoms with Crippen LogP contribution in [0.3, 0.4) is 0 Å². The number of likely N-dealkylation sites (N-methyl/N-ethyl adjacent to an activating group) is 1. The van der Waals surface area contributed by atoms with Gasteiger partial charge in [-0.1, -0.05) is 0 Å². The number of nitrogens with zero attached hydrogens (tertiary/aromatic N) is 1. The molecule has 0 atom stereocenters. The Morgan fingerprint density at radius 1 is 1.33 bits per heavy atom. The van der Waals surface area contributed by atoms with Crippen LogP contribution >= 0.6 is 0 Å². The molecule has 0 aliphatic rings. The number of rotatable bonds is 4. The summed E-state index contributed by atoms with van der Waals surface area (Å²) in [6, 6.07) is 0. The molecule has 0 bridgehead atoms. The van der Waals surface area contributed by atoms with Gasteiger partial charge in [0.2, 0.25) is 5.91 Å². The normalized spacial score (nSPS) is 11.3. The minimum absolute atomic E-state index is 0.115. The summed E-state index contributed by atoms with van der Waals surface area (Å²) in [6.45, 7) is 5.12. The number of amides is 2. The molecule has 88 valence electrons. The Balaban J connectivity index is 3.81. The quantitative estimate of drug-likeness (QED) is 0.520. The van der Waals surface area contributed by atoms with Gasteiger partial charge in [0.15, 0.2) is 0 Å². The van der Waals surface area contributed by atoms with Gasteiger partial charge in [-0.15, -0.1) is 0 Å². The minimum Gasteiger partial charge on any atom is -0.389 e. The number of hydrogen-bond acceptors (Lipinski definition) is 4. The molecule has 0 saturated carbocycles. The lowest BCUT2D eigenvalue weighted by Crippen LogP contribution is -2.47. The average Bonchev–Trinajstić information content (AvgIpc) is 1.96. The highest BCUT2D eigenvalue weighted by Crippen LogP contribution is 2.02. The number of carbonyl (C=O) groups is 2. The largest absolute Gasteiger partial charge is 0.389 e. The lowest BCUT2D eigenvalue weighted by atomic mass is 10.1. The van der Waals surface area contributed by atoms with E-state index >= 15 is 0 Å². The van der Waals surface area contributed by atoms with E-state index in [1.165, 1.54) is 6.92 Å². The maximum Gasteiger partial charge on any atom is 0.252 e. The summed E-state index contributed by atoms with van der Waals surface area (Å²) in [5, 5.41) is 9.48. The fraction of sp³-hybridized carbons (Fsp3) is 0.778. The first kappa shape index (κ1) is 13.9. The van der Waals surface area contributed by atoms with Gasteiger partial charge in [-0.3, -0.25) is 25.3 Å². The van der Waals surface area contributed by atoms with Crippen molar-refractivity contribution >= 4 is 11.8 Å². The minimum atomic E-state index is -0.844. The molecule has 0 rings (SSSR count). The first-order valence-electron chi connectivity index (χ1n) is 4.67. The summed E-state index contributed by atoms with van der Waals surface area (Å²) in [4.78, 5) is 23.3. The van der Waals surface area contributed by atoms with Gasteiger partial charge in [0.25, 0.3) is 5.91 Å². The molecule has 6 heteroatoms. The van der Waals surface area contributed by atoms with Gasteiger partial charge < -0.3 is 5.11 Å². The van der Waals surface area contributed by atoms with E-state index in [1.807, 2.05) is 0 Å². The Morgan fingerprint density at radius 2 is 1.87 bits per heavy atom. The number of hydrogen-bond donors (Lipinski definition) is 3. The molecule has 3 N–H and O–H groups in total. The molecule has 0 aromatic heterocycles. The Morgan fingerprint density at radius 3 is 2.27 bits per heavy atom. The highest BCUT2D eigenvalue weighted by atomic mass is 16.3. The predicted octanol–water partition coefficient (Wildman–Crippen LogP) is -1.14. The number of carbonyl (C=O) groups excluding carboxylic acids is 2. The smallest absolute Gasteiger partial charge is 0.252 e. The first-order valence-corrected chi connectivity index (χ1v) is 4.67. The van der Waals surface area contributed by atoms with Crippen LogP contribution in [0.5, 0.6) is 0 Å². The van der Waals surface area contributed by atoms with Crippen molar-refractivity contribution in [3.8, 4) is 0 Å². The lowest BCUT2D eigenvalue weighted by molar-refractivity contribution is -0.128. The van der Waals surface area contributed by atoms with E-state index < -0.39 is 5.60 Å². The molecule has 0 radical (unpaired) electrons. The molecule has 0 unspecified atom stereocenters. The standard InChI is InChI=1S/C9H19N3O3/c1-7(13)10-11-8(14)5-12(4)6-9(2,3)15/h15H,5-6H2,1-4H3,(H,10,13)(H,11,14). The average molecular weight is 217 g/mol. The van der Waals surface area contributed by atoms with Gasteiger partial charge in [-0.2, -0.15) is 0 Å². The van der Waals surface area contributed by atoms with E-state index in [-0.39, 0.29) is 18.4 Å². The molecule has 0 heterocycles. The van der Waals surface area contributed by atoms with Crippen LogP contribution in [0.15, 0.2) is 0 Å². The van der Waals surface area contributed by atoms with Crippen LogP contribution in [0.4, 0.5) is 0 Å². The molecule has 0 aromatic rings. The van der Waals surface area contributed by atoms with Crippen molar-refractivity contribution in [2.45, 2.75) is 26.4 Å². The van der Waals surface area contributed by atoms with Gasteiger partial charge in [0.1, 0.15) is 0 Å². The number of hydrazine groups is 1. The Labute approximate surface area is 89.6 Å². The highest BCUT2D eigenvalue weighted by molar-refractivity contribution is 5.81. The third-order valence-corrected chi connectivity index (χ3v) is 1.45. The van der Waals surface area contributed by atoms with Crippen LogP contribution in [0.2, 0.25) is 0 Å². The van der Waals surface area contributed by atoms with E-state index in [9.17, 15) is 14.7 Å². The molecule has 0 aliphatic heterocycles. The van der Waals surface area contributed by atoms with Crippen molar-refractivity contribution < 1.29 is 14.7 Å². The fourth-order valence-corrected chi connectivity index (χ4v) is 1.16. The third kappa shape index (κ3) is 9.17. The molecule has 0 aromatic carbocycles. The summed E-state index contributed by atoms with van der Waals surface area (Å²) >= 11 is 0. The SMILES string of the molecule is CC(=O)NNC(=O)CN(C)CC(C)(C)O. The molecule has 0 aliphatic carbocycles. The molecular weight excluding hydrogens is 198 g/mol. The van der Waals surface area contributed by atoms with E-state index in [0.29, 0.717) is 6.54 Å². The van der Waals surface area contributed by atoms with Crippen LogP contribution in [0, 0.1) is 0 Å². The van der Waals surface area contributed by atoms with Crippen LogP contribution in [0.25, 0.3) is 0 Å². The molecule has 2 amide bonds. The van der Waals surface area contributed by atoms with Gasteiger partial charge in [-0.05, 0) is 20.9 Å². The number of nitrogens with one attached hydrogen (secondary N) is 2. The summed E-state index contributed by atoms with van der Waals surface area (Å²) in [5.41, 5.74) is 3.58. The van der Waals surface area contributed by atoms with E-state index in [0.717, 1.165) is 0 Å². The maximum atomic E-state index is 11.2. The molecular formula is C9H19N3O3. The molecule has 6 nitrogen and oxygen atoms in total. The van der Waals surface area contributed by atoms with Crippen molar-refractivity contribution in [2.24, 2.45) is 0 Å². The Bertz CT molecular complexity index is 235. The van der Waals surface area contributed by atoms with Gasteiger partial charge in [0, 0.05) is 13.5 Å². The summed E-state index contributed by atoms with van der Waals surface area (Å²) < 4.78 is 0. The van der Waals surface area contributed by atoms with E-state index in [4.69, 9.17) is 0 Å². The second-order valence-electron chi connectivity index (χ2n) is 4.21. The summed E-state index contributed by atoms with van der Waals surface area (Å²) in [6.07, 6.45) is 0. The van der Waals surface area contributed by atoms with Crippen molar-refractivity contribution in [2.75, 3.05) is 20.1 Å². The third-order valence-electron chi connectivity index (χ3n) is 1.45. The van der Waals surface area contributed by atoms with Gasteiger partial charge in [-0.25, -0.2) is 0 Å². The topological polar surface area (TPSA) is 81.7 Å². The van der Waals surface area contributed by atoms with Crippen molar-refractivity contribution in [1.82, 2.24) is 15.8 Å². The fourth-order valence-electron chi connectivity index (χ4n) is 1.16. The Kier molecular flexibility index (Phi) is 5.24. The molecule has 0 spiro atoms. The first-order chi connectivity index (χ1) is 6.70. The second-order valence-corrected chi connectivity index (χ2v) is 4.21. The zero-order valence-electron chi connectivity index (χ0n) is 9.63. The van der Waals surface area contributed by atoms with Crippen molar-refractivity contribution in [3.05, 3.63) is 0 Å². The second kappa shape index (κ2) is 5.67.